The molecule has 3 atom stereocenters. The van der Waals surface area contributed by atoms with Crippen molar-refractivity contribution in [2.24, 2.45) is 11.8 Å². The largest absolute Gasteiger partial charge is 0.382 e. The van der Waals surface area contributed by atoms with Crippen molar-refractivity contribution >= 4 is 0 Å². The van der Waals surface area contributed by atoms with Gasteiger partial charge < -0.3 is 4.74 Å². The number of ether oxygens (including phenoxy) is 1. The van der Waals surface area contributed by atoms with Gasteiger partial charge in [0.1, 0.15) is 0 Å². The molecule has 13 heavy (non-hydrogen) atoms. The first-order chi connectivity index (χ1) is 6.15. The molecule has 0 heterocycles. The quantitative estimate of drug-likeness (QED) is 0.472. The number of hydrogen-bond donors (Lipinski definition) is 2. The average molecular weight is 188 g/mol. The number of nitrogens with two attached hydrogens (primary N) is 1. The highest BCUT2D eigenvalue weighted by molar-refractivity contribution is 4.73. The van der Waals surface area contributed by atoms with E-state index in [1.165, 1.54) is 12.8 Å². The van der Waals surface area contributed by atoms with Gasteiger partial charge in [-0.2, -0.15) is 0 Å². The van der Waals surface area contributed by atoms with Crippen LogP contribution in [0.15, 0.2) is 0 Å². The monoisotopic (exact) mass is 188 g/mol. The summed E-state index contributed by atoms with van der Waals surface area (Å²) < 4.78 is 5.22. The molecule has 0 amide bonds. The highest BCUT2D eigenvalue weighted by Gasteiger charge is 2.17. The normalized spacial score (nSPS) is 18.2. The van der Waals surface area contributed by atoms with Gasteiger partial charge in [0.05, 0.1) is 6.10 Å². The predicted molar refractivity (Wildman–Crippen MR) is 56.3 cm³/mol. The minimum Gasteiger partial charge on any atom is -0.382 e. The van der Waals surface area contributed by atoms with Gasteiger partial charge in [-0.1, -0.05) is 20.3 Å². The minimum absolute atomic E-state index is 0.278. The fourth-order valence-electron chi connectivity index (χ4n) is 1.57. The summed E-state index contributed by atoms with van der Waals surface area (Å²) in [5.74, 6) is 6.12. The molecule has 0 aromatic rings. The second kappa shape index (κ2) is 7.30. The van der Waals surface area contributed by atoms with Crippen molar-refractivity contribution in [3.05, 3.63) is 0 Å². The van der Waals surface area contributed by atoms with Crippen molar-refractivity contribution < 1.29 is 4.74 Å². The highest BCUT2D eigenvalue weighted by Crippen LogP contribution is 2.15. The molecule has 0 aromatic heterocycles. The van der Waals surface area contributed by atoms with Crippen LogP contribution in [-0.2, 0) is 4.74 Å². The molecule has 0 rings (SSSR count). The van der Waals surface area contributed by atoms with E-state index in [0.717, 1.165) is 6.42 Å². The van der Waals surface area contributed by atoms with Crippen LogP contribution in [-0.4, -0.2) is 19.3 Å². The Morgan fingerprint density at radius 1 is 1.38 bits per heavy atom. The highest BCUT2D eigenvalue weighted by atomic mass is 16.5. The van der Waals surface area contributed by atoms with E-state index in [-0.39, 0.29) is 6.10 Å². The van der Waals surface area contributed by atoms with Crippen molar-refractivity contribution in [3.8, 4) is 0 Å². The maximum atomic E-state index is 5.50. The molecule has 0 fully saturated rings. The van der Waals surface area contributed by atoms with Gasteiger partial charge in [-0.05, 0) is 25.7 Å². The standard InChI is InChI=1S/C10H24N2O/c1-5-6-8(2)10(12-11)7-9(3)13-4/h8-10,12H,5-7,11H2,1-4H3. The SMILES string of the molecule is CCCC(C)C(CC(C)OC)NN. The lowest BCUT2D eigenvalue weighted by Crippen LogP contribution is -2.42. The molecule has 3 heteroatoms. The molecule has 0 aliphatic heterocycles. The molecule has 3 nitrogen and oxygen atoms in total. The van der Waals surface area contributed by atoms with Crippen LogP contribution in [0, 0.1) is 5.92 Å². The number of methoxy groups -OCH3 is 1. The Morgan fingerprint density at radius 2 is 2.00 bits per heavy atom. The number of nitrogens with one attached hydrogen (secondary N) is 1. The molecule has 0 aliphatic rings. The Hall–Kier alpha value is -0.120. The second-order valence-corrected chi connectivity index (χ2v) is 3.82. The number of hydrazine groups is 1. The summed E-state index contributed by atoms with van der Waals surface area (Å²) in [6, 6.07) is 0.370. The second-order valence-electron chi connectivity index (χ2n) is 3.82. The van der Waals surface area contributed by atoms with Gasteiger partial charge in [0, 0.05) is 13.2 Å². The third-order valence-electron chi connectivity index (χ3n) is 2.63. The Labute approximate surface area is 82.0 Å². The van der Waals surface area contributed by atoms with Crippen LogP contribution in [0.5, 0.6) is 0 Å². The third-order valence-corrected chi connectivity index (χ3v) is 2.63. The molecule has 0 saturated heterocycles. The van der Waals surface area contributed by atoms with Crippen molar-refractivity contribution in [2.45, 2.75) is 52.2 Å². The van der Waals surface area contributed by atoms with E-state index in [2.05, 4.69) is 26.2 Å². The van der Waals surface area contributed by atoms with E-state index in [9.17, 15) is 0 Å². The third kappa shape index (κ3) is 5.24. The lowest BCUT2D eigenvalue weighted by atomic mass is 9.93. The summed E-state index contributed by atoms with van der Waals surface area (Å²) in [7, 11) is 1.74. The van der Waals surface area contributed by atoms with Gasteiger partial charge in [0.25, 0.3) is 0 Å². The van der Waals surface area contributed by atoms with Crippen LogP contribution in [0.3, 0.4) is 0 Å². The van der Waals surface area contributed by atoms with Crippen molar-refractivity contribution in [1.82, 2.24) is 5.43 Å². The summed E-state index contributed by atoms with van der Waals surface area (Å²) >= 11 is 0. The van der Waals surface area contributed by atoms with Crippen molar-refractivity contribution in [1.29, 1.82) is 0 Å². The van der Waals surface area contributed by atoms with E-state index in [4.69, 9.17) is 10.6 Å². The van der Waals surface area contributed by atoms with Crippen LogP contribution >= 0.6 is 0 Å². The Morgan fingerprint density at radius 3 is 2.38 bits per heavy atom. The van der Waals surface area contributed by atoms with E-state index in [1.807, 2.05) is 0 Å². The van der Waals surface area contributed by atoms with Crippen LogP contribution in [0.1, 0.15) is 40.0 Å². The number of rotatable bonds is 7. The molecule has 80 valence electrons. The van der Waals surface area contributed by atoms with Crippen LogP contribution in [0.25, 0.3) is 0 Å². The molecule has 0 aromatic carbocycles. The summed E-state index contributed by atoms with van der Waals surface area (Å²) in [5, 5.41) is 0. The van der Waals surface area contributed by atoms with Gasteiger partial charge >= 0.3 is 0 Å². The predicted octanol–water partition coefficient (Wildman–Crippen LogP) is 1.68. The van der Waals surface area contributed by atoms with Crippen molar-refractivity contribution in [2.75, 3.05) is 7.11 Å². The Bertz CT molecular complexity index is 119. The first-order valence-corrected chi connectivity index (χ1v) is 5.14. The van der Waals surface area contributed by atoms with Crippen LogP contribution in [0.4, 0.5) is 0 Å². The molecule has 0 radical (unpaired) electrons. The molecular weight excluding hydrogens is 164 g/mol. The first-order valence-electron chi connectivity index (χ1n) is 5.14. The smallest absolute Gasteiger partial charge is 0.0558 e. The fourth-order valence-corrected chi connectivity index (χ4v) is 1.57. The Balaban J connectivity index is 3.86. The zero-order chi connectivity index (χ0) is 10.3. The summed E-state index contributed by atoms with van der Waals surface area (Å²) in [6.45, 7) is 6.50. The van der Waals surface area contributed by atoms with Crippen LogP contribution < -0.4 is 11.3 Å². The van der Waals surface area contributed by atoms with Crippen molar-refractivity contribution in [3.63, 3.8) is 0 Å². The lowest BCUT2D eigenvalue weighted by molar-refractivity contribution is 0.0922. The number of hydrogen-bond acceptors (Lipinski definition) is 3. The maximum Gasteiger partial charge on any atom is 0.0558 e. The Kier molecular flexibility index (Phi) is 7.23. The van der Waals surface area contributed by atoms with E-state index >= 15 is 0 Å². The molecule has 0 bridgehead atoms. The van der Waals surface area contributed by atoms with E-state index < -0.39 is 0 Å². The first kappa shape index (κ1) is 12.9. The molecule has 3 N–H and O–H groups in total. The average Bonchev–Trinajstić information content (AvgIpc) is 2.14. The zero-order valence-corrected chi connectivity index (χ0v) is 9.34. The minimum atomic E-state index is 0.278. The van der Waals surface area contributed by atoms with Gasteiger partial charge in [0.15, 0.2) is 0 Å². The molecule has 0 saturated carbocycles. The molecular formula is C10H24N2O. The topological polar surface area (TPSA) is 47.3 Å². The van der Waals surface area contributed by atoms with Crippen LogP contribution in [0.2, 0.25) is 0 Å². The van der Waals surface area contributed by atoms with Gasteiger partial charge in [-0.3, -0.25) is 11.3 Å². The van der Waals surface area contributed by atoms with Gasteiger partial charge in [-0.15, -0.1) is 0 Å². The molecule has 0 spiro atoms. The van der Waals surface area contributed by atoms with Gasteiger partial charge in [-0.25, -0.2) is 0 Å². The summed E-state index contributed by atoms with van der Waals surface area (Å²) in [4.78, 5) is 0. The summed E-state index contributed by atoms with van der Waals surface area (Å²) in [6.07, 6.45) is 3.68. The van der Waals surface area contributed by atoms with Gasteiger partial charge in [0.2, 0.25) is 0 Å². The van der Waals surface area contributed by atoms with E-state index in [1.54, 1.807) is 7.11 Å². The lowest BCUT2D eigenvalue weighted by Gasteiger charge is -2.25. The fraction of sp³-hybridized carbons (Fsp3) is 1.00. The zero-order valence-electron chi connectivity index (χ0n) is 9.34. The molecule has 0 aliphatic carbocycles. The van der Waals surface area contributed by atoms with E-state index in [0.29, 0.717) is 12.0 Å². The summed E-state index contributed by atoms with van der Waals surface area (Å²) in [5.41, 5.74) is 2.87. The maximum absolute atomic E-state index is 5.50. The molecule has 3 unspecified atom stereocenters.